The van der Waals surface area contributed by atoms with Crippen molar-refractivity contribution >= 4 is 11.3 Å². The number of aromatic nitrogens is 1. The molecule has 0 radical (unpaired) electrons. The third-order valence-corrected chi connectivity index (χ3v) is 5.02. The standard InChI is InChI=1S/C17H22N2S/c1-3-7-14(8-4-1)17(15-9-5-2-6-10-15)19-13-16-18-11-12-20-16/h1,3-4,7-8,11-12,15,17,19H,2,5-6,9-10,13H2. The lowest BCUT2D eigenvalue weighted by molar-refractivity contribution is 0.270. The molecule has 0 spiro atoms. The first-order valence-electron chi connectivity index (χ1n) is 7.60. The lowest BCUT2D eigenvalue weighted by atomic mass is 9.81. The van der Waals surface area contributed by atoms with Crippen LogP contribution in [0.1, 0.15) is 48.7 Å². The van der Waals surface area contributed by atoms with Gasteiger partial charge in [0, 0.05) is 24.2 Å². The fourth-order valence-corrected chi connectivity index (χ4v) is 3.79. The van der Waals surface area contributed by atoms with Crippen LogP contribution in [-0.2, 0) is 6.54 Å². The molecule has 2 aromatic rings. The molecule has 1 saturated carbocycles. The Labute approximate surface area is 125 Å². The van der Waals surface area contributed by atoms with Crippen molar-refractivity contribution in [2.24, 2.45) is 5.92 Å². The van der Waals surface area contributed by atoms with Gasteiger partial charge in [-0.1, -0.05) is 49.6 Å². The van der Waals surface area contributed by atoms with Crippen molar-refractivity contribution in [3.8, 4) is 0 Å². The third-order valence-electron chi connectivity index (χ3n) is 4.24. The van der Waals surface area contributed by atoms with Crippen LogP contribution < -0.4 is 5.32 Å². The molecule has 1 aromatic heterocycles. The number of hydrogen-bond acceptors (Lipinski definition) is 3. The van der Waals surface area contributed by atoms with Gasteiger partial charge in [-0.25, -0.2) is 4.98 Å². The maximum atomic E-state index is 4.38. The molecule has 106 valence electrons. The molecule has 1 unspecified atom stereocenters. The maximum absolute atomic E-state index is 4.38. The van der Waals surface area contributed by atoms with E-state index in [1.807, 2.05) is 6.20 Å². The Hall–Kier alpha value is -1.19. The minimum atomic E-state index is 0.473. The van der Waals surface area contributed by atoms with E-state index in [9.17, 15) is 0 Å². The molecule has 0 aliphatic heterocycles. The maximum Gasteiger partial charge on any atom is 0.106 e. The summed E-state index contributed by atoms with van der Waals surface area (Å²) >= 11 is 1.73. The second-order valence-electron chi connectivity index (χ2n) is 5.59. The first-order valence-corrected chi connectivity index (χ1v) is 8.48. The van der Waals surface area contributed by atoms with Gasteiger partial charge >= 0.3 is 0 Å². The van der Waals surface area contributed by atoms with Gasteiger partial charge in [-0.05, 0) is 24.3 Å². The number of benzene rings is 1. The van der Waals surface area contributed by atoms with E-state index in [2.05, 4.69) is 46.0 Å². The molecule has 2 nitrogen and oxygen atoms in total. The molecule has 1 fully saturated rings. The molecule has 3 heteroatoms. The zero-order valence-electron chi connectivity index (χ0n) is 11.8. The number of hydrogen-bond donors (Lipinski definition) is 1. The van der Waals surface area contributed by atoms with Crippen LogP contribution in [0.25, 0.3) is 0 Å². The van der Waals surface area contributed by atoms with Crippen LogP contribution in [0.2, 0.25) is 0 Å². The molecular formula is C17H22N2S. The van der Waals surface area contributed by atoms with Crippen LogP contribution in [0.5, 0.6) is 0 Å². The van der Waals surface area contributed by atoms with Crippen LogP contribution >= 0.6 is 11.3 Å². The van der Waals surface area contributed by atoms with E-state index >= 15 is 0 Å². The van der Waals surface area contributed by atoms with Gasteiger partial charge in [0.1, 0.15) is 5.01 Å². The van der Waals surface area contributed by atoms with Crippen molar-refractivity contribution < 1.29 is 0 Å². The van der Waals surface area contributed by atoms with Gasteiger partial charge in [0.25, 0.3) is 0 Å². The van der Waals surface area contributed by atoms with Crippen LogP contribution in [0, 0.1) is 5.92 Å². The first-order chi connectivity index (χ1) is 9.93. The Morgan fingerprint density at radius 3 is 2.65 bits per heavy atom. The summed E-state index contributed by atoms with van der Waals surface area (Å²) in [5, 5.41) is 6.99. The summed E-state index contributed by atoms with van der Waals surface area (Å²) < 4.78 is 0. The van der Waals surface area contributed by atoms with E-state index in [1.165, 1.54) is 42.7 Å². The van der Waals surface area contributed by atoms with E-state index in [1.54, 1.807) is 11.3 Å². The molecule has 1 heterocycles. The van der Waals surface area contributed by atoms with Crippen molar-refractivity contribution in [3.63, 3.8) is 0 Å². The molecule has 0 amide bonds. The van der Waals surface area contributed by atoms with Crippen molar-refractivity contribution in [2.75, 3.05) is 0 Å². The molecular weight excluding hydrogens is 264 g/mol. The Balaban J connectivity index is 1.72. The number of rotatable bonds is 5. The largest absolute Gasteiger partial charge is 0.303 e. The predicted molar refractivity (Wildman–Crippen MR) is 84.7 cm³/mol. The molecule has 20 heavy (non-hydrogen) atoms. The quantitative estimate of drug-likeness (QED) is 0.872. The molecule has 1 atom stereocenters. The highest BCUT2D eigenvalue weighted by Gasteiger charge is 2.24. The Morgan fingerprint density at radius 1 is 1.15 bits per heavy atom. The molecule has 0 saturated heterocycles. The fraction of sp³-hybridized carbons (Fsp3) is 0.471. The lowest BCUT2D eigenvalue weighted by Gasteiger charge is -2.31. The van der Waals surface area contributed by atoms with E-state index in [-0.39, 0.29) is 0 Å². The minimum absolute atomic E-state index is 0.473. The second kappa shape index (κ2) is 7.00. The van der Waals surface area contributed by atoms with Crippen LogP contribution in [0.15, 0.2) is 41.9 Å². The Kier molecular flexibility index (Phi) is 4.82. The summed E-state index contributed by atoms with van der Waals surface area (Å²) in [5.41, 5.74) is 1.43. The minimum Gasteiger partial charge on any atom is -0.303 e. The topological polar surface area (TPSA) is 24.9 Å². The number of thiazole rings is 1. The summed E-state index contributed by atoms with van der Waals surface area (Å²) in [7, 11) is 0. The number of nitrogens with zero attached hydrogens (tertiary/aromatic N) is 1. The van der Waals surface area contributed by atoms with Crippen molar-refractivity contribution in [2.45, 2.75) is 44.7 Å². The van der Waals surface area contributed by atoms with Gasteiger partial charge in [-0.15, -0.1) is 11.3 Å². The van der Waals surface area contributed by atoms with E-state index in [0.717, 1.165) is 12.5 Å². The van der Waals surface area contributed by atoms with Crippen molar-refractivity contribution in [1.82, 2.24) is 10.3 Å². The zero-order valence-corrected chi connectivity index (χ0v) is 12.6. The summed E-state index contributed by atoms with van der Waals surface area (Å²) in [6.45, 7) is 0.883. The highest BCUT2D eigenvalue weighted by Crippen LogP contribution is 2.34. The van der Waals surface area contributed by atoms with E-state index in [0.29, 0.717) is 6.04 Å². The van der Waals surface area contributed by atoms with Gasteiger partial charge < -0.3 is 5.32 Å². The normalized spacial score (nSPS) is 18.0. The summed E-state index contributed by atoms with van der Waals surface area (Å²) in [4.78, 5) is 4.38. The molecule has 1 aromatic carbocycles. The van der Waals surface area contributed by atoms with Crippen LogP contribution in [0.4, 0.5) is 0 Å². The third kappa shape index (κ3) is 3.47. The highest BCUT2D eigenvalue weighted by atomic mass is 32.1. The fourth-order valence-electron chi connectivity index (χ4n) is 3.22. The molecule has 1 aliphatic carbocycles. The summed E-state index contributed by atoms with van der Waals surface area (Å²) in [6.07, 6.45) is 8.76. The second-order valence-corrected chi connectivity index (χ2v) is 6.57. The average Bonchev–Trinajstić information content (AvgIpc) is 3.03. The van der Waals surface area contributed by atoms with Gasteiger partial charge in [0.15, 0.2) is 0 Å². The molecule has 0 bridgehead atoms. The van der Waals surface area contributed by atoms with E-state index in [4.69, 9.17) is 0 Å². The summed E-state index contributed by atoms with van der Waals surface area (Å²) in [6, 6.07) is 11.4. The van der Waals surface area contributed by atoms with E-state index < -0.39 is 0 Å². The van der Waals surface area contributed by atoms with Gasteiger partial charge in [-0.3, -0.25) is 0 Å². The van der Waals surface area contributed by atoms with Gasteiger partial charge in [0.2, 0.25) is 0 Å². The van der Waals surface area contributed by atoms with Crippen LogP contribution in [0.3, 0.4) is 0 Å². The smallest absolute Gasteiger partial charge is 0.106 e. The predicted octanol–water partition coefficient (Wildman–Crippen LogP) is 4.55. The lowest BCUT2D eigenvalue weighted by Crippen LogP contribution is -2.29. The van der Waals surface area contributed by atoms with Crippen molar-refractivity contribution in [1.29, 1.82) is 0 Å². The molecule has 1 N–H and O–H groups in total. The van der Waals surface area contributed by atoms with Gasteiger partial charge in [0.05, 0.1) is 0 Å². The first kappa shape index (κ1) is 13.8. The Morgan fingerprint density at radius 2 is 1.95 bits per heavy atom. The zero-order chi connectivity index (χ0) is 13.6. The van der Waals surface area contributed by atoms with Gasteiger partial charge in [-0.2, -0.15) is 0 Å². The number of nitrogens with one attached hydrogen (secondary N) is 1. The molecule has 1 aliphatic rings. The highest BCUT2D eigenvalue weighted by molar-refractivity contribution is 7.09. The summed E-state index contributed by atoms with van der Waals surface area (Å²) in [5.74, 6) is 0.770. The van der Waals surface area contributed by atoms with Crippen molar-refractivity contribution in [3.05, 3.63) is 52.5 Å². The average molecular weight is 286 g/mol. The Bertz CT molecular complexity index is 489. The SMILES string of the molecule is c1ccc(C(NCc2nccs2)C2CCCCC2)cc1. The monoisotopic (exact) mass is 286 g/mol. The molecule has 3 rings (SSSR count). The van der Waals surface area contributed by atoms with Crippen LogP contribution in [-0.4, -0.2) is 4.98 Å².